The van der Waals surface area contributed by atoms with Crippen molar-refractivity contribution < 1.29 is 23.9 Å². The number of esters is 2. The molecular formula is C18H16BrNO5. The Balaban J connectivity index is 1.80. The highest BCUT2D eigenvalue weighted by molar-refractivity contribution is 9.10. The molecule has 0 saturated heterocycles. The number of halogens is 1. The average molecular weight is 406 g/mol. The van der Waals surface area contributed by atoms with Crippen LogP contribution in [-0.4, -0.2) is 31.6 Å². The molecule has 25 heavy (non-hydrogen) atoms. The number of amides is 1. The first-order valence-corrected chi connectivity index (χ1v) is 8.16. The van der Waals surface area contributed by atoms with E-state index in [0.717, 1.165) is 5.56 Å². The highest BCUT2D eigenvalue weighted by atomic mass is 79.9. The lowest BCUT2D eigenvalue weighted by atomic mass is 10.1. The second-order valence-corrected chi connectivity index (χ2v) is 5.88. The lowest BCUT2D eigenvalue weighted by Gasteiger charge is -2.08. The van der Waals surface area contributed by atoms with E-state index in [9.17, 15) is 14.4 Å². The standard InChI is InChI=1S/C18H16BrNO5/c1-24-17(22)13-8-6-12(7-9-13)10-20-16(21)11-25-18(23)14-4-2-3-5-15(14)19/h2-9H,10-11H2,1H3,(H,20,21). The van der Waals surface area contributed by atoms with Crippen molar-refractivity contribution in [3.8, 4) is 0 Å². The summed E-state index contributed by atoms with van der Waals surface area (Å²) in [6.45, 7) is -0.118. The Bertz CT molecular complexity index is 773. The lowest BCUT2D eigenvalue weighted by Crippen LogP contribution is -2.28. The van der Waals surface area contributed by atoms with Gasteiger partial charge in [-0.2, -0.15) is 0 Å². The Morgan fingerprint density at radius 3 is 2.32 bits per heavy atom. The second-order valence-electron chi connectivity index (χ2n) is 5.02. The van der Waals surface area contributed by atoms with Gasteiger partial charge in [0, 0.05) is 11.0 Å². The molecule has 0 aromatic heterocycles. The van der Waals surface area contributed by atoms with Gasteiger partial charge in [-0.05, 0) is 45.8 Å². The lowest BCUT2D eigenvalue weighted by molar-refractivity contribution is -0.124. The molecule has 0 aliphatic rings. The molecule has 7 heteroatoms. The van der Waals surface area contributed by atoms with Crippen LogP contribution < -0.4 is 5.32 Å². The monoisotopic (exact) mass is 405 g/mol. The van der Waals surface area contributed by atoms with E-state index in [1.54, 1.807) is 48.5 Å². The third-order valence-corrected chi connectivity index (χ3v) is 3.98. The van der Waals surface area contributed by atoms with Crippen LogP contribution in [0.2, 0.25) is 0 Å². The molecule has 2 aromatic carbocycles. The normalized spacial score (nSPS) is 10.0. The van der Waals surface area contributed by atoms with Gasteiger partial charge >= 0.3 is 11.9 Å². The van der Waals surface area contributed by atoms with Crippen LogP contribution in [0.5, 0.6) is 0 Å². The summed E-state index contributed by atoms with van der Waals surface area (Å²) in [7, 11) is 1.31. The first-order valence-electron chi connectivity index (χ1n) is 7.37. The molecule has 1 amide bonds. The van der Waals surface area contributed by atoms with E-state index in [0.29, 0.717) is 15.6 Å². The van der Waals surface area contributed by atoms with Crippen molar-refractivity contribution >= 4 is 33.8 Å². The van der Waals surface area contributed by atoms with Crippen molar-refractivity contribution in [3.63, 3.8) is 0 Å². The van der Waals surface area contributed by atoms with Gasteiger partial charge in [-0.15, -0.1) is 0 Å². The predicted octanol–water partition coefficient (Wildman–Crippen LogP) is 2.71. The number of hydrogen-bond acceptors (Lipinski definition) is 5. The predicted molar refractivity (Wildman–Crippen MR) is 94.1 cm³/mol. The maximum Gasteiger partial charge on any atom is 0.339 e. The van der Waals surface area contributed by atoms with Gasteiger partial charge in [0.1, 0.15) is 0 Å². The summed E-state index contributed by atoms with van der Waals surface area (Å²) in [5.41, 5.74) is 1.59. The summed E-state index contributed by atoms with van der Waals surface area (Å²) in [5, 5.41) is 2.64. The van der Waals surface area contributed by atoms with E-state index in [1.807, 2.05) is 0 Å². The third-order valence-electron chi connectivity index (χ3n) is 3.29. The van der Waals surface area contributed by atoms with E-state index < -0.39 is 17.8 Å². The molecule has 6 nitrogen and oxygen atoms in total. The quantitative estimate of drug-likeness (QED) is 0.747. The molecule has 2 aromatic rings. The zero-order valence-electron chi connectivity index (χ0n) is 13.5. The molecule has 0 atom stereocenters. The Hall–Kier alpha value is -2.67. The van der Waals surface area contributed by atoms with E-state index in [1.165, 1.54) is 7.11 Å². The van der Waals surface area contributed by atoms with Crippen LogP contribution in [-0.2, 0) is 20.8 Å². The topological polar surface area (TPSA) is 81.7 Å². The van der Waals surface area contributed by atoms with Crippen LogP contribution in [0, 0.1) is 0 Å². The highest BCUT2D eigenvalue weighted by Crippen LogP contribution is 2.16. The number of ether oxygens (including phenoxy) is 2. The van der Waals surface area contributed by atoms with Gasteiger partial charge in [-0.3, -0.25) is 4.79 Å². The number of benzene rings is 2. The minimum atomic E-state index is -0.579. The van der Waals surface area contributed by atoms with Gasteiger partial charge in [0.15, 0.2) is 6.61 Å². The number of methoxy groups -OCH3 is 1. The van der Waals surface area contributed by atoms with Crippen molar-refractivity contribution in [3.05, 3.63) is 69.7 Å². The summed E-state index contributed by atoms with van der Waals surface area (Å²) in [6.07, 6.45) is 0. The van der Waals surface area contributed by atoms with Gasteiger partial charge < -0.3 is 14.8 Å². The zero-order valence-corrected chi connectivity index (χ0v) is 15.0. The van der Waals surface area contributed by atoms with Gasteiger partial charge in [0.25, 0.3) is 5.91 Å². The van der Waals surface area contributed by atoms with Crippen LogP contribution in [0.25, 0.3) is 0 Å². The Morgan fingerprint density at radius 2 is 1.68 bits per heavy atom. The van der Waals surface area contributed by atoms with Crippen LogP contribution in [0.15, 0.2) is 53.0 Å². The summed E-state index contributed by atoms with van der Waals surface area (Å²) in [4.78, 5) is 35.0. The van der Waals surface area contributed by atoms with Gasteiger partial charge in [-0.25, -0.2) is 9.59 Å². The summed E-state index contributed by atoms with van der Waals surface area (Å²) in [6, 6.07) is 13.4. The van der Waals surface area contributed by atoms with E-state index in [2.05, 4.69) is 26.0 Å². The van der Waals surface area contributed by atoms with Crippen LogP contribution in [0.3, 0.4) is 0 Å². The molecule has 1 N–H and O–H groups in total. The van der Waals surface area contributed by atoms with E-state index >= 15 is 0 Å². The number of nitrogens with one attached hydrogen (secondary N) is 1. The third kappa shape index (κ3) is 5.42. The molecule has 0 radical (unpaired) electrons. The number of carbonyl (C=O) groups excluding carboxylic acids is 3. The smallest absolute Gasteiger partial charge is 0.339 e. The van der Waals surface area contributed by atoms with Gasteiger partial charge in [0.05, 0.1) is 18.2 Å². The fourth-order valence-corrected chi connectivity index (χ4v) is 2.41. The van der Waals surface area contributed by atoms with Crippen molar-refractivity contribution in [2.45, 2.75) is 6.54 Å². The SMILES string of the molecule is COC(=O)c1ccc(CNC(=O)COC(=O)c2ccccc2Br)cc1. The number of rotatable bonds is 6. The molecule has 0 spiro atoms. The molecule has 0 unspecified atom stereocenters. The maximum atomic E-state index is 11.9. The van der Waals surface area contributed by atoms with Gasteiger partial charge in [0.2, 0.25) is 0 Å². The van der Waals surface area contributed by atoms with E-state index in [-0.39, 0.29) is 13.2 Å². The Labute approximate surface area is 153 Å². The molecule has 0 aliphatic heterocycles. The van der Waals surface area contributed by atoms with Crippen molar-refractivity contribution in [1.82, 2.24) is 5.32 Å². The number of carbonyl (C=O) groups is 3. The minimum absolute atomic E-state index is 0.257. The first kappa shape index (κ1) is 18.7. The summed E-state index contributed by atoms with van der Waals surface area (Å²) >= 11 is 3.25. The molecule has 0 heterocycles. The zero-order chi connectivity index (χ0) is 18.2. The molecule has 0 bridgehead atoms. The molecular weight excluding hydrogens is 390 g/mol. The first-order chi connectivity index (χ1) is 12.0. The minimum Gasteiger partial charge on any atom is -0.465 e. The summed E-state index contributed by atoms with van der Waals surface area (Å²) < 4.78 is 10.2. The van der Waals surface area contributed by atoms with Crippen molar-refractivity contribution in [2.24, 2.45) is 0 Å². The largest absolute Gasteiger partial charge is 0.465 e. The molecule has 0 aliphatic carbocycles. The van der Waals surface area contributed by atoms with Crippen LogP contribution in [0.1, 0.15) is 26.3 Å². The molecule has 130 valence electrons. The Kier molecular flexibility index (Phi) is 6.71. The average Bonchev–Trinajstić information content (AvgIpc) is 2.64. The van der Waals surface area contributed by atoms with E-state index in [4.69, 9.17) is 4.74 Å². The molecule has 2 rings (SSSR count). The van der Waals surface area contributed by atoms with Gasteiger partial charge in [-0.1, -0.05) is 24.3 Å². The number of hydrogen-bond donors (Lipinski definition) is 1. The Morgan fingerprint density at radius 1 is 1.00 bits per heavy atom. The fraction of sp³-hybridized carbons (Fsp3) is 0.167. The van der Waals surface area contributed by atoms with Crippen molar-refractivity contribution in [1.29, 1.82) is 0 Å². The van der Waals surface area contributed by atoms with Crippen molar-refractivity contribution in [2.75, 3.05) is 13.7 Å². The van der Waals surface area contributed by atoms with Crippen LogP contribution >= 0.6 is 15.9 Å². The maximum absolute atomic E-state index is 11.9. The molecule has 0 fully saturated rings. The summed E-state index contributed by atoms with van der Waals surface area (Å²) in [5.74, 6) is -1.42. The second kappa shape index (κ2) is 8.98. The molecule has 0 saturated carbocycles. The fourth-order valence-electron chi connectivity index (χ4n) is 1.96. The van der Waals surface area contributed by atoms with Crippen LogP contribution in [0.4, 0.5) is 0 Å². The highest BCUT2D eigenvalue weighted by Gasteiger charge is 2.12.